The lowest BCUT2D eigenvalue weighted by atomic mass is 10.0. The van der Waals surface area contributed by atoms with Crippen LogP contribution < -0.4 is 0 Å². The maximum absolute atomic E-state index is 12.2. The van der Waals surface area contributed by atoms with Crippen molar-refractivity contribution in [2.24, 2.45) is 0 Å². The highest BCUT2D eigenvalue weighted by Gasteiger charge is 2.44. The van der Waals surface area contributed by atoms with E-state index in [0.29, 0.717) is 6.42 Å². The highest BCUT2D eigenvalue weighted by Crippen LogP contribution is 2.39. The summed E-state index contributed by atoms with van der Waals surface area (Å²) in [4.78, 5) is 11.6. The van der Waals surface area contributed by atoms with Crippen molar-refractivity contribution in [2.75, 3.05) is 7.11 Å². The smallest absolute Gasteiger partial charge is 0.337 e. The van der Waals surface area contributed by atoms with Crippen LogP contribution in [-0.4, -0.2) is 26.2 Å². The average Bonchev–Trinajstić information content (AvgIpc) is 2.44. The first kappa shape index (κ1) is 12.1. The van der Waals surface area contributed by atoms with Gasteiger partial charge in [-0.05, 0) is 38.0 Å². The number of methoxy groups -OCH3 is 1. The van der Waals surface area contributed by atoms with Crippen molar-refractivity contribution in [3.63, 3.8) is 0 Å². The maximum atomic E-state index is 12.2. The molecule has 5 heteroatoms. The summed E-state index contributed by atoms with van der Waals surface area (Å²) in [6.45, 7) is 3.39. The third-order valence-corrected chi connectivity index (χ3v) is 5.68. The Kier molecular flexibility index (Phi) is 2.54. The third-order valence-electron chi connectivity index (χ3n) is 3.12. The van der Waals surface area contributed by atoms with E-state index in [1.54, 1.807) is 26.0 Å². The molecule has 1 aliphatic heterocycles. The van der Waals surface area contributed by atoms with Crippen molar-refractivity contribution in [1.29, 1.82) is 0 Å². The van der Waals surface area contributed by atoms with Gasteiger partial charge in [0.05, 0.1) is 22.3 Å². The number of hydrogen-bond acceptors (Lipinski definition) is 4. The summed E-state index contributed by atoms with van der Waals surface area (Å²) >= 11 is 0. The summed E-state index contributed by atoms with van der Waals surface area (Å²) in [5.74, 6) is -0.521. The third kappa shape index (κ3) is 1.65. The molecule has 17 heavy (non-hydrogen) atoms. The molecule has 0 N–H and O–H groups in total. The molecular weight excluding hydrogens is 240 g/mol. The number of rotatable bonds is 1. The Morgan fingerprint density at radius 3 is 2.59 bits per heavy atom. The number of carbonyl (C=O) groups is 1. The molecule has 2 rings (SSSR count). The van der Waals surface area contributed by atoms with Crippen molar-refractivity contribution in [3.05, 3.63) is 29.3 Å². The molecule has 92 valence electrons. The molecule has 1 heterocycles. The topological polar surface area (TPSA) is 60.4 Å². The molecule has 1 aromatic carbocycles. The largest absolute Gasteiger partial charge is 0.465 e. The Morgan fingerprint density at radius 1 is 1.35 bits per heavy atom. The molecule has 0 saturated heterocycles. The van der Waals surface area contributed by atoms with E-state index >= 15 is 0 Å². The molecule has 0 spiro atoms. The van der Waals surface area contributed by atoms with Crippen molar-refractivity contribution >= 4 is 15.8 Å². The number of ether oxygens (including phenoxy) is 1. The molecular formula is C12H14O4S. The fraction of sp³-hybridized carbons (Fsp3) is 0.417. The lowest BCUT2D eigenvalue weighted by molar-refractivity contribution is 0.0600. The van der Waals surface area contributed by atoms with Gasteiger partial charge in [0.25, 0.3) is 0 Å². The zero-order valence-corrected chi connectivity index (χ0v) is 10.8. The highest BCUT2D eigenvalue weighted by molar-refractivity contribution is 7.93. The molecule has 0 bridgehead atoms. The highest BCUT2D eigenvalue weighted by atomic mass is 32.2. The van der Waals surface area contributed by atoms with Crippen molar-refractivity contribution in [2.45, 2.75) is 29.9 Å². The van der Waals surface area contributed by atoms with Gasteiger partial charge in [0.15, 0.2) is 9.84 Å². The van der Waals surface area contributed by atoms with E-state index in [-0.39, 0.29) is 10.5 Å². The van der Waals surface area contributed by atoms with Crippen molar-refractivity contribution in [1.82, 2.24) is 0 Å². The van der Waals surface area contributed by atoms with Crippen molar-refractivity contribution in [3.8, 4) is 0 Å². The van der Waals surface area contributed by atoms with Gasteiger partial charge in [0.1, 0.15) is 0 Å². The Labute approximate surface area is 101 Å². The molecule has 0 unspecified atom stereocenters. The minimum Gasteiger partial charge on any atom is -0.465 e. The van der Waals surface area contributed by atoms with Gasteiger partial charge in [-0.2, -0.15) is 0 Å². The summed E-state index contributed by atoms with van der Waals surface area (Å²) in [7, 11) is -2.08. The van der Waals surface area contributed by atoms with Crippen LogP contribution in [0.1, 0.15) is 29.8 Å². The van der Waals surface area contributed by atoms with Crippen LogP contribution in [0, 0.1) is 0 Å². The molecule has 0 aromatic heterocycles. The number of carbonyl (C=O) groups excluding carboxylic acids is 1. The summed E-state index contributed by atoms with van der Waals surface area (Å²) < 4.78 is 28.2. The van der Waals surface area contributed by atoms with Gasteiger partial charge in [0, 0.05) is 0 Å². The first-order valence-electron chi connectivity index (χ1n) is 5.25. The average molecular weight is 254 g/mol. The van der Waals surface area contributed by atoms with Gasteiger partial charge in [-0.3, -0.25) is 0 Å². The monoisotopic (exact) mass is 254 g/mol. The Balaban J connectivity index is 2.61. The van der Waals surface area contributed by atoms with E-state index < -0.39 is 20.6 Å². The van der Waals surface area contributed by atoms with E-state index in [0.717, 1.165) is 5.56 Å². The quantitative estimate of drug-likeness (QED) is 0.714. The standard InChI is InChI=1S/C12H14O4S/c1-12(2)7-9-5-4-8(11(13)16-3)6-10(9)17(12,14)15/h4-6H,7H2,1-3H3. The molecule has 0 amide bonds. The van der Waals surface area contributed by atoms with Crippen molar-refractivity contribution < 1.29 is 17.9 Å². The molecule has 1 aromatic rings. The predicted octanol–water partition coefficient (Wildman–Crippen LogP) is 1.58. The van der Waals surface area contributed by atoms with Gasteiger partial charge in [-0.15, -0.1) is 0 Å². The van der Waals surface area contributed by atoms with Gasteiger partial charge in [-0.25, -0.2) is 13.2 Å². The lowest BCUT2D eigenvalue weighted by Crippen LogP contribution is -2.27. The fourth-order valence-corrected chi connectivity index (χ4v) is 3.76. The normalized spacial score (nSPS) is 19.7. The second kappa shape index (κ2) is 3.57. The zero-order chi connectivity index (χ0) is 12.8. The number of sulfone groups is 1. The van der Waals surface area contributed by atoms with Gasteiger partial charge in [-0.1, -0.05) is 6.07 Å². The number of hydrogen-bond donors (Lipinski definition) is 0. The van der Waals surface area contributed by atoms with Gasteiger partial charge < -0.3 is 4.74 Å². The Hall–Kier alpha value is -1.36. The van der Waals surface area contributed by atoms with E-state index in [2.05, 4.69) is 4.74 Å². The minimum atomic E-state index is -3.36. The molecule has 1 aliphatic rings. The van der Waals surface area contributed by atoms with Crippen LogP contribution in [0.3, 0.4) is 0 Å². The molecule has 0 atom stereocenters. The lowest BCUT2D eigenvalue weighted by Gasteiger charge is -2.15. The van der Waals surface area contributed by atoms with E-state index in [9.17, 15) is 13.2 Å². The number of esters is 1. The molecule has 4 nitrogen and oxygen atoms in total. The van der Waals surface area contributed by atoms with Crippen LogP contribution >= 0.6 is 0 Å². The Morgan fingerprint density at radius 2 is 2.00 bits per heavy atom. The fourth-order valence-electron chi connectivity index (χ4n) is 2.05. The number of fused-ring (bicyclic) bond motifs is 1. The molecule has 0 fully saturated rings. The Bertz CT molecular complexity index is 585. The van der Waals surface area contributed by atoms with Gasteiger partial charge >= 0.3 is 5.97 Å². The first-order chi connectivity index (χ1) is 7.79. The summed E-state index contributed by atoms with van der Waals surface area (Å²) in [6, 6.07) is 4.70. The minimum absolute atomic E-state index is 0.255. The zero-order valence-electron chi connectivity index (χ0n) is 9.98. The molecule has 0 aliphatic carbocycles. The van der Waals surface area contributed by atoms with Crippen LogP contribution in [0.2, 0.25) is 0 Å². The van der Waals surface area contributed by atoms with Crippen LogP contribution in [0.5, 0.6) is 0 Å². The van der Waals surface area contributed by atoms with Crippen LogP contribution in [0.4, 0.5) is 0 Å². The SMILES string of the molecule is COC(=O)c1ccc2c(c1)S(=O)(=O)C(C)(C)C2. The second-order valence-electron chi connectivity index (χ2n) is 4.75. The van der Waals surface area contributed by atoms with Gasteiger partial charge in [0.2, 0.25) is 0 Å². The van der Waals surface area contributed by atoms with E-state index in [1.807, 2.05) is 0 Å². The molecule has 0 radical (unpaired) electrons. The number of benzene rings is 1. The van der Waals surface area contributed by atoms with Crippen LogP contribution in [-0.2, 0) is 21.0 Å². The van der Waals surface area contributed by atoms with Crippen LogP contribution in [0.15, 0.2) is 23.1 Å². The summed E-state index contributed by atoms with van der Waals surface area (Å²) in [6.07, 6.45) is 0.478. The first-order valence-corrected chi connectivity index (χ1v) is 6.74. The van der Waals surface area contributed by atoms with Crippen LogP contribution in [0.25, 0.3) is 0 Å². The van der Waals surface area contributed by atoms with E-state index in [4.69, 9.17) is 0 Å². The summed E-state index contributed by atoms with van der Waals surface area (Å²) in [5, 5.41) is 0. The maximum Gasteiger partial charge on any atom is 0.337 e. The molecule has 0 saturated carbocycles. The van der Waals surface area contributed by atoms with E-state index in [1.165, 1.54) is 13.2 Å². The summed E-state index contributed by atoms with van der Waals surface area (Å²) in [5.41, 5.74) is 1.04. The second-order valence-corrected chi connectivity index (χ2v) is 7.31. The predicted molar refractivity (Wildman–Crippen MR) is 62.8 cm³/mol.